The van der Waals surface area contributed by atoms with Gasteiger partial charge in [0, 0.05) is 11.6 Å². The Morgan fingerprint density at radius 1 is 1.31 bits per heavy atom. The molecule has 1 rings (SSSR count). The van der Waals surface area contributed by atoms with Crippen molar-refractivity contribution in [1.82, 2.24) is 5.43 Å². The van der Waals surface area contributed by atoms with E-state index < -0.39 is 0 Å². The van der Waals surface area contributed by atoms with Gasteiger partial charge in [0.15, 0.2) is 0 Å². The van der Waals surface area contributed by atoms with E-state index in [4.69, 9.17) is 0 Å². The molecule has 74 valence electrons. The highest BCUT2D eigenvalue weighted by atomic mass is 16.2. The molecule has 0 unspecified atom stereocenters. The van der Waals surface area contributed by atoms with Crippen molar-refractivity contribution < 1.29 is 4.79 Å². The Morgan fingerprint density at radius 2 is 1.92 bits per heavy atom. The third-order valence-corrected chi connectivity index (χ3v) is 2.28. The minimum absolute atomic E-state index is 0.0121. The minimum atomic E-state index is 0.0121. The summed E-state index contributed by atoms with van der Waals surface area (Å²) in [6.07, 6.45) is 5.85. The number of hydrogen-bond donors (Lipinski definition) is 1. The fraction of sp³-hybridized carbons (Fsp3) is 0.800. The molecule has 0 saturated heterocycles. The summed E-state index contributed by atoms with van der Waals surface area (Å²) in [5.74, 6) is 0.0333. The first-order valence-electron chi connectivity index (χ1n) is 5.05. The Labute approximate surface area is 79.6 Å². The van der Waals surface area contributed by atoms with Crippen LogP contribution < -0.4 is 5.43 Å². The SMILES string of the molecule is CC(C)C(=O)NN=C1CCCCC1. The lowest BCUT2D eigenvalue weighted by Gasteiger charge is -2.12. The monoisotopic (exact) mass is 182 g/mol. The molecule has 0 aromatic heterocycles. The van der Waals surface area contributed by atoms with E-state index in [-0.39, 0.29) is 11.8 Å². The van der Waals surface area contributed by atoms with Gasteiger partial charge in [-0.2, -0.15) is 5.10 Å². The Bertz CT molecular complexity index is 201. The molecule has 1 aliphatic rings. The molecule has 3 nitrogen and oxygen atoms in total. The minimum Gasteiger partial charge on any atom is -0.273 e. The number of nitrogens with one attached hydrogen (secondary N) is 1. The van der Waals surface area contributed by atoms with Gasteiger partial charge in [-0.25, -0.2) is 5.43 Å². The highest BCUT2D eigenvalue weighted by Crippen LogP contribution is 2.14. The molecular weight excluding hydrogens is 164 g/mol. The molecule has 1 amide bonds. The summed E-state index contributed by atoms with van der Waals surface area (Å²) in [6.45, 7) is 3.74. The molecule has 0 atom stereocenters. The standard InChI is InChI=1S/C10H18N2O/c1-8(2)10(13)12-11-9-6-4-3-5-7-9/h8H,3-7H2,1-2H3,(H,12,13). The van der Waals surface area contributed by atoms with Crippen molar-refractivity contribution in [1.29, 1.82) is 0 Å². The van der Waals surface area contributed by atoms with Crippen molar-refractivity contribution in [3.63, 3.8) is 0 Å². The van der Waals surface area contributed by atoms with Crippen LogP contribution in [0.4, 0.5) is 0 Å². The van der Waals surface area contributed by atoms with Crippen LogP contribution in [0.2, 0.25) is 0 Å². The van der Waals surface area contributed by atoms with Crippen LogP contribution in [0, 0.1) is 5.92 Å². The number of carbonyl (C=O) groups is 1. The number of rotatable bonds is 2. The largest absolute Gasteiger partial charge is 0.273 e. The topological polar surface area (TPSA) is 41.5 Å². The molecule has 0 radical (unpaired) electrons. The van der Waals surface area contributed by atoms with Gasteiger partial charge in [0.1, 0.15) is 0 Å². The van der Waals surface area contributed by atoms with E-state index in [9.17, 15) is 4.79 Å². The average Bonchev–Trinajstić information content (AvgIpc) is 2.15. The van der Waals surface area contributed by atoms with E-state index >= 15 is 0 Å². The van der Waals surface area contributed by atoms with Crippen molar-refractivity contribution in [3.05, 3.63) is 0 Å². The van der Waals surface area contributed by atoms with Crippen LogP contribution in [0.3, 0.4) is 0 Å². The summed E-state index contributed by atoms with van der Waals surface area (Å²) < 4.78 is 0. The summed E-state index contributed by atoms with van der Waals surface area (Å²) in [4.78, 5) is 11.2. The smallest absolute Gasteiger partial charge is 0.242 e. The van der Waals surface area contributed by atoms with Crippen LogP contribution in [0.1, 0.15) is 46.0 Å². The molecule has 0 aromatic rings. The van der Waals surface area contributed by atoms with Gasteiger partial charge < -0.3 is 0 Å². The molecule has 0 aliphatic heterocycles. The lowest BCUT2D eigenvalue weighted by Crippen LogP contribution is -2.24. The average molecular weight is 182 g/mol. The van der Waals surface area contributed by atoms with E-state index in [1.807, 2.05) is 13.8 Å². The highest BCUT2D eigenvalue weighted by molar-refractivity contribution is 5.87. The normalized spacial score (nSPS) is 17.3. The molecule has 0 aromatic carbocycles. The van der Waals surface area contributed by atoms with Gasteiger partial charge in [0.05, 0.1) is 0 Å². The Kier molecular flexibility index (Phi) is 3.93. The maximum absolute atomic E-state index is 11.2. The molecule has 13 heavy (non-hydrogen) atoms. The van der Waals surface area contributed by atoms with Crippen LogP contribution in [-0.2, 0) is 4.79 Å². The number of hydrogen-bond acceptors (Lipinski definition) is 2. The molecule has 1 saturated carbocycles. The van der Waals surface area contributed by atoms with Gasteiger partial charge in [-0.15, -0.1) is 0 Å². The van der Waals surface area contributed by atoms with E-state index in [1.54, 1.807) is 0 Å². The Morgan fingerprint density at radius 3 is 2.46 bits per heavy atom. The van der Waals surface area contributed by atoms with Crippen LogP contribution in [0.25, 0.3) is 0 Å². The lowest BCUT2D eigenvalue weighted by molar-refractivity contribution is -0.123. The predicted molar refractivity (Wildman–Crippen MR) is 53.5 cm³/mol. The van der Waals surface area contributed by atoms with Crippen molar-refractivity contribution in [2.75, 3.05) is 0 Å². The zero-order valence-electron chi connectivity index (χ0n) is 8.47. The summed E-state index contributed by atoms with van der Waals surface area (Å²) in [5.41, 5.74) is 3.75. The zero-order valence-corrected chi connectivity index (χ0v) is 8.47. The van der Waals surface area contributed by atoms with Crippen molar-refractivity contribution in [2.24, 2.45) is 11.0 Å². The van der Waals surface area contributed by atoms with Gasteiger partial charge in [-0.05, 0) is 25.7 Å². The Balaban J connectivity index is 2.33. The summed E-state index contributed by atoms with van der Waals surface area (Å²) >= 11 is 0. The second kappa shape index (κ2) is 5.00. The molecule has 1 N–H and O–H groups in total. The quantitative estimate of drug-likeness (QED) is 0.653. The summed E-state index contributed by atoms with van der Waals surface area (Å²) in [7, 11) is 0. The first-order valence-corrected chi connectivity index (χ1v) is 5.05. The van der Waals surface area contributed by atoms with Crippen LogP contribution in [0.15, 0.2) is 5.10 Å². The molecule has 0 heterocycles. The van der Waals surface area contributed by atoms with Crippen molar-refractivity contribution >= 4 is 11.6 Å². The van der Waals surface area contributed by atoms with Gasteiger partial charge in [-0.1, -0.05) is 20.3 Å². The zero-order chi connectivity index (χ0) is 9.68. The predicted octanol–water partition coefficient (Wildman–Crippen LogP) is 2.08. The molecule has 3 heteroatoms. The second-order valence-corrected chi connectivity index (χ2v) is 3.87. The van der Waals surface area contributed by atoms with Crippen molar-refractivity contribution in [3.8, 4) is 0 Å². The molecule has 0 spiro atoms. The lowest BCUT2D eigenvalue weighted by atomic mass is 9.99. The van der Waals surface area contributed by atoms with Gasteiger partial charge in [-0.3, -0.25) is 4.79 Å². The third-order valence-electron chi connectivity index (χ3n) is 2.28. The summed E-state index contributed by atoms with van der Waals surface area (Å²) in [6, 6.07) is 0. The molecule has 1 aliphatic carbocycles. The third kappa shape index (κ3) is 3.57. The number of hydrazone groups is 1. The molecule has 0 bridgehead atoms. The number of nitrogens with zero attached hydrogens (tertiary/aromatic N) is 1. The van der Waals surface area contributed by atoms with Gasteiger partial charge in [0.25, 0.3) is 0 Å². The van der Waals surface area contributed by atoms with Crippen LogP contribution in [-0.4, -0.2) is 11.6 Å². The summed E-state index contributed by atoms with van der Waals surface area (Å²) in [5, 5.41) is 4.12. The van der Waals surface area contributed by atoms with Gasteiger partial charge >= 0.3 is 0 Å². The highest BCUT2D eigenvalue weighted by Gasteiger charge is 2.08. The van der Waals surface area contributed by atoms with Crippen LogP contribution >= 0.6 is 0 Å². The fourth-order valence-electron chi connectivity index (χ4n) is 1.33. The first-order chi connectivity index (χ1) is 6.20. The Hall–Kier alpha value is -0.860. The van der Waals surface area contributed by atoms with E-state index in [1.165, 1.54) is 19.3 Å². The maximum atomic E-state index is 11.2. The number of carbonyl (C=O) groups excluding carboxylic acids is 1. The van der Waals surface area contributed by atoms with Gasteiger partial charge in [0.2, 0.25) is 5.91 Å². The van der Waals surface area contributed by atoms with Crippen LogP contribution in [0.5, 0.6) is 0 Å². The van der Waals surface area contributed by atoms with E-state index in [2.05, 4.69) is 10.5 Å². The fourth-order valence-corrected chi connectivity index (χ4v) is 1.33. The molecule has 1 fully saturated rings. The molecular formula is C10H18N2O. The van der Waals surface area contributed by atoms with E-state index in [0.29, 0.717) is 0 Å². The van der Waals surface area contributed by atoms with E-state index in [0.717, 1.165) is 18.6 Å². The second-order valence-electron chi connectivity index (χ2n) is 3.87. The maximum Gasteiger partial charge on any atom is 0.242 e. The number of amides is 1. The van der Waals surface area contributed by atoms with Crippen molar-refractivity contribution in [2.45, 2.75) is 46.0 Å². The first kappa shape index (κ1) is 10.2.